The van der Waals surface area contributed by atoms with Gasteiger partial charge in [0.2, 0.25) is 5.88 Å². The van der Waals surface area contributed by atoms with Crippen molar-refractivity contribution in [2.45, 2.75) is 12.8 Å². The van der Waals surface area contributed by atoms with Crippen molar-refractivity contribution in [3.8, 4) is 23.0 Å². The van der Waals surface area contributed by atoms with Gasteiger partial charge in [-0.1, -0.05) is 55.5 Å². The molecule has 0 saturated carbocycles. The molecule has 3 aromatic carbocycles. The number of ether oxygens (including phenoxy) is 1. The second-order valence-corrected chi connectivity index (χ2v) is 8.18. The van der Waals surface area contributed by atoms with Crippen LogP contribution in [0.4, 0.5) is 0 Å². The molecule has 0 N–H and O–H groups in total. The van der Waals surface area contributed by atoms with Crippen LogP contribution in [0.1, 0.15) is 24.0 Å². The van der Waals surface area contributed by atoms with Gasteiger partial charge in [-0.05, 0) is 29.0 Å². The van der Waals surface area contributed by atoms with Crippen molar-refractivity contribution in [1.29, 1.82) is 0 Å². The molecule has 1 aliphatic heterocycles. The molecular weight excluding hydrogens is 416 g/mol. The summed E-state index contributed by atoms with van der Waals surface area (Å²) in [5.41, 5.74) is 2.76. The van der Waals surface area contributed by atoms with Crippen LogP contribution in [0.15, 0.2) is 82.3 Å². The Morgan fingerprint density at radius 1 is 0.939 bits per heavy atom. The molecular formula is C26H16N4O3. The number of hydrogen-bond donors (Lipinski definition) is 0. The molecule has 7 heteroatoms. The average molecular weight is 432 g/mol. The summed E-state index contributed by atoms with van der Waals surface area (Å²) in [7, 11) is 0. The fraction of sp³-hybridized carbons (Fsp3) is 0.0769. The van der Waals surface area contributed by atoms with E-state index < -0.39 is 5.63 Å². The molecule has 158 valence electrons. The summed E-state index contributed by atoms with van der Waals surface area (Å²) in [5.74, 6) is 1.18. The van der Waals surface area contributed by atoms with Crippen molar-refractivity contribution in [1.82, 2.24) is 19.6 Å². The molecule has 0 saturated heterocycles. The summed E-state index contributed by atoms with van der Waals surface area (Å²) in [6.07, 6.45) is 1.59. The summed E-state index contributed by atoms with van der Waals surface area (Å²) in [5, 5.41) is 7.66. The molecule has 1 aliphatic rings. The third-order valence-corrected chi connectivity index (χ3v) is 6.26. The smallest absolute Gasteiger partial charge is 0.343 e. The first-order chi connectivity index (χ1) is 16.2. The number of rotatable bonds is 1. The molecule has 7 nitrogen and oxygen atoms in total. The van der Waals surface area contributed by atoms with E-state index in [0.29, 0.717) is 39.8 Å². The monoisotopic (exact) mass is 432 g/mol. The van der Waals surface area contributed by atoms with Crippen LogP contribution in [0.5, 0.6) is 11.6 Å². The molecule has 0 fully saturated rings. The summed E-state index contributed by atoms with van der Waals surface area (Å²) < 4.78 is 13.4. The van der Waals surface area contributed by atoms with Crippen molar-refractivity contribution < 1.29 is 9.15 Å². The van der Waals surface area contributed by atoms with Gasteiger partial charge in [-0.2, -0.15) is 0 Å². The van der Waals surface area contributed by atoms with Crippen LogP contribution in [0.3, 0.4) is 0 Å². The van der Waals surface area contributed by atoms with Gasteiger partial charge in [0.15, 0.2) is 17.2 Å². The zero-order valence-corrected chi connectivity index (χ0v) is 17.5. The molecule has 6 aromatic rings. The first-order valence-corrected chi connectivity index (χ1v) is 10.7. The van der Waals surface area contributed by atoms with E-state index in [-0.39, 0.29) is 5.92 Å². The summed E-state index contributed by atoms with van der Waals surface area (Å²) in [6, 6.07) is 21.6. The van der Waals surface area contributed by atoms with Crippen molar-refractivity contribution in [2.75, 3.05) is 0 Å². The molecule has 0 radical (unpaired) electrons. The van der Waals surface area contributed by atoms with Crippen molar-refractivity contribution in [2.24, 2.45) is 0 Å². The molecule has 0 amide bonds. The van der Waals surface area contributed by atoms with Crippen LogP contribution >= 0.6 is 0 Å². The Hall–Kier alpha value is -4.52. The minimum atomic E-state index is -0.418. The zero-order chi connectivity index (χ0) is 22.1. The zero-order valence-electron chi connectivity index (χ0n) is 17.5. The lowest BCUT2D eigenvalue weighted by atomic mass is 9.92. The van der Waals surface area contributed by atoms with Gasteiger partial charge in [0, 0.05) is 11.5 Å². The van der Waals surface area contributed by atoms with Crippen LogP contribution in [0.25, 0.3) is 38.8 Å². The van der Waals surface area contributed by atoms with Gasteiger partial charge in [-0.25, -0.2) is 19.3 Å². The number of fused-ring (bicyclic) bond motifs is 7. The van der Waals surface area contributed by atoms with Crippen LogP contribution in [0, 0.1) is 0 Å². The second-order valence-electron chi connectivity index (χ2n) is 8.18. The molecule has 0 spiro atoms. The normalized spacial score (nSPS) is 14.9. The molecule has 4 heterocycles. The van der Waals surface area contributed by atoms with Gasteiger partial charge in [0.05, 0.1) is 16.5 Å². The van der Waals surface area contributed by atoms with Crippen LogP contribution in [-0.2, 0) is 0 Å². The average Bonchev–Trinajstić information content (AvgIpc) is 3.28. The topological polar surface area (TPSA) is 82.5 Å². The van der Waals surface area contributed by atoms with E-state index in [0.717, 1.165) is 21.7 Å². The molecule has 1 atom stereocenters. The number of hydrogen-bond acceptors (Lipinski definition) is 6. The Balaban J connectivity index is 1.43. The molecule has 33 heavy (non-hydrogen) atoms. The third-order valence-electron chi connectivity index (χ3n) is 6.26. The van der Waals surface area contributed by atoms with E-state index in [1.165, 1.54) is 0 Å². The predicted octanol–water partition coefficient (Wildman–Crippen LogP) is 5.31. The van der Waals surface area contributed by atoms with E-state index in [9.17, 15) is 4.79 Å². The van der Waals surface area contributed by atoms with Gasteiger partial charge in [0.1, 0.15) is 11.9 Å². The lowest BCUT2D eigenvalue weighted by molar-refractivity contribution is 0.419. The van der Waals surface area contributed by atoms with Crippen molar-refractivity contribution in [3.05, 3.63) is 94.6 Å². The Labute approximate surface area is 186 Å². The van der Waals surface area contributed by atoms with Crippen LogP contribution in [-0.4, -0.2) is 19.6 Å². The maximum atomic E-state index is 12.9. The Bertz CT molecular complexity index is 1800. The summed E-state index contributed by atoms with van der Waals surface area (Å²) in [6.45, 7) is 1.94. The number of aromatic nitrogens is 4. The SMILES string of the molecule is CC1c2c(c3ccccc3oc2=O)Oc2ncn3nc(-c4ccc5ccccc5c4)nc3c21. The van der Waals surface area contributed by atoms with Crippen LogP contribution in [0.2, 0.25) is 0 Å². The number of para-hydroxylation sites is 1. The van der Waals surface area contributed by atoms with E-state index in [1.54, 1.807) is 16.9 Å². The highest BCUT2D eigenvalue weighted by atomic mass is 16.5. The first-order valence-electron chi connectivity index (χ1n) is 10.7. The van der Waals surface area contributed by atoms with E-state index >= 15 is 0 Å². The fourth-order valence-electron chi connectivity index (χ4n) is 4.63. The lowest BCUT2D eigenvalue weighted by Crippen LogP contribution is -2.19. The van der Waals surface area contributed by atoms with Gasteiger partial charge in [0.25, 0.3) is 0 Å². The standard InChI is InChI=1S/C26H16N4O3/c1-14-20-22(18-8-4-5-9-19(18)32-26(20)31)33-25-21(14)24-28-23(29-30(24)13-27-25)17-11-10-15-6-2-3-7-16(15)12-17/h2-14H,1H3. The van der Waals surface area contributed by atoms with Gasteiger partial charge < -0.3 is 9.15 Å². The maximum Gasteiger partial charge on any atom is 0.343 e. The predicted molar refractivity (Wildman–Crippen MR) is 124 cm³/mol. The van der Waals surface area contributed by atoms with Crippen molar-refractivity contribution >= 4 is 27.4 Å². The molecule has 0 aliphatic carbocycles. The highest BCUT2D eigenvalue weighted by Crippen LogP contribution is 2.45. The fourth-order valence-corrected chi connectivity index (χ4v) is 4.63. The summed E-state index contributed by atoms with van der Waals surface area (Å²) >= 11 is 0. The van der Waals surface area contributed by atoms with Gasteiger partial charge >= 0.3 is 5.63 Å². The van der Waals surface area contributed by atoms with E-state index in [4.69, 9.17) is 14.1 Å². The van der Waals surface area contributed by atoms with E-state index in [2.05, 4.69) is 34.3 Å². The second kappa shape index (κ2) is 6.49. The lowest BCUT2D eigenvalue weighted by Gasteiger charge is -2.24. The Morgan fingerprint density at radius 3 is 2.67 bits per heavy atom. The highest BCUT2D eigenvalue weighted by molar-refractivity contribution is 5.87. The van der Waals surface area contributed by atoms with Gasteiger partial charge in [-0.3, -0.25) is 0 Å². The van der Waals surface area contributed by atoms with Crippen molar-refractivity contribution in [3.63, 3.8) is 0 Å². The van der Waals surface area contributed by atoms with Crippen LogP contribution < -0.4 is 10.4 Å². The molecule has 7 rings (SSSR count). The Morgan fingerprint density at radius 2 is 1.76 bits per heavy atom. The third kappa shape index (κ3) is 2.56. The molecule has 0 bridgehead atoms. The highest BCUT2D eigenvalue weighted by Gasteiger charge is 2.33. The first kappa shape index (κ1) is 18.1. The quantitative estimate of drug-likeness (QED) is 0.328. The van der Waals surface area contributed by atoms with Gasteiger partial charge in [-0.15, -0.1) is 5.10 Å². The largest absolute Gasteiger partial charge is 0.437 e. The summed E-state index contributed by atoms with van der Waals surface area (Å²) in [4.78, 5) is 22.2. The molecule has 3 aromatic heterocycles. The van der Waals surface area contributed by atoms with E-state index in [1.807, 2.05) is 43.3 Å². The molecule has 1 unspecified atom stereocenters. The minimum absolute atomic E-state index is 0.325. The number of benzene rings is 3. The maximum absolute atomic E-state index is 12.9. The minimum Gasteiger partial charge on any atom is -0.437 e. The number of nitrogens with zero attached hydrogens (tertiary/aromatic N) is 4. The Kier molecular flexibility index (Phi) is 3.56.